The van der Waals surface area contributed by atoms with Crippen molar-refractivity contribution in [3.63, 3.8) is 0 Å². The number of anilines is 1. The molecule has 0 unspecified atom stereocenters. The minimum atomic E-state index is 0.363. The molecule has 1 fully saturated rings. The van der Waals surface area contributed by atoms with Gasteiger partial charge in [0.15, 0.2) is 0 Å². The zero-order valence-electron chi connectivity index (χ0n) is 12.1. The van der Waals surface area contributed by atoms with Gasteiger partial charge in [0.25, 0.3) is 0 Å². The normalized spacial score (nSPS) is 16.8. The van der Waals surface area contributed by atoms with Crippen molar-refractivity contribution in [2.24, 2.45) is 10.8 Å². The molecule has 5 heteroatoms. The maximum Gasteiger partial charge on any atom is 0.210 e. The van der Waals surface area contributed by atoms with Gasteiger partial charge in [-0.2, -0.15) is 0 Å². The van der Waals surface area contributed by atoms with Crippen LogP contribution < -0.4 is 21.3 Å². The number of hydrogen-bond acceptors (Lipinski definition) is 3. The minimum absolute atomic E-state index is 0.363. The van der Waals surface area contributed by atoms with Crippen molar-refractivity contribution in [1.29, 1.82) is 0 Å². The predicted octanol–water partition coefficient (Wildman–Crippen LogP) is 2.65. The molecule has 0 atom stereocenters. The standard InChI is InChI=1S/C15H24N4O/c1-2-20-14-11-7-6-10-13(14)18-15(19-16)17-12-8-4-3-5-9-12/h6-7,10-12H,2-5,8-9,16H2,1H3,(H2,17,18,19). The van der Waals surface area contributed by atoms with Crippen LogP contribution in [0.3, 0.4) is 0 Å². The third kappa shape index (κ3) is 4.13. The van der Waals surface area contributed by atoms with Gasteiger partial charge in [-0.3, -0.25) is 5.43 Å². The number of nitrogens with two attached hydrogens (primary N) is 1. The van der Waals surface area contributed by atoms with Crippen LogP contribution in [-0.4, -0.2) is 18.6 Å². The van der Waals surface area contributed by atoms with Gasteiger partial charge in [0, 0.05) is 0 Å². The van der Waals surface area contributed by atoms with Crippen LogP contribution in [-0.2, 0) is 0 Å². The van der Waals surface area contributed by atoms with Crippen LogP contribution in [0, 0.1) is 0 Å². The zero-order valence-corrected chi connectivity index (χ0v) is 12.1. The van der Waals surface area contributed by atoms with Crippen LogP contribution in [0.1, 0.15) is 39.0 Å². The van der Waals surface area contributed by atoms with E-state index in [9.17, 15) is 0 Å². The van der Waals surface area contributed by atoms with E-state index in [1.807, 2.05) is 31.2 Å². The van der Waals surface area contributed by atoms with E-state index in [0.717, 1.165) is 24.3 Å². The van der Waals surface area contributed by atoms with Crippen molar-refractivity contribution >= 4 is 11.6 Å². The highest BCUT2D eigenvalue weighted by Gasteiger charge is 2.13. The van der Waals surface area contributed by atoms with E-state index in [1.165, 1.54) is 19.3 Å². The number of guanidine groups is 1. The summed E-state index contributed by atoms with van der Waals surface area (Å²) in [4.78, 5) is 4.66. The molecule has 20 heavy (non-hydrogen) atoms. The molecule has 1 saturated carbocycles. The minimum Gasteiger partial charge on any atom is -0.492 e. The molecule has 0 radical (unpaired) electrons. The van der Waals surface area contributed by atoms with E-state index in [4.69, 9.17) is 10.6 Å². The number of ether oxygens (including phenoxy) is 1. The van der Waals surface area contributed by atoms with Crippen molar-refractivity contribution < 1.29 is 4.74 Å². The van der Waals surface area contributed by atoms with Crippen LogP contribution in [0.25, 0.3) is 0 Å². The predicted molar refractivity (Wildman–Crippen MR) is 82.9 cm³/mol. The van der Waals surface area contributed by atoms with E-state index >= 15 is 0 Å². The first-order chi connectivity index (χ1) is 9.83. The SMILES string of the molecule is CCOc1ccccc1NC(=NC1CCCCC1)NN. The van der Waals surface area contributed by atoms with Crippen molar-refractivity contribution in [3.05, 3.63) is 24.3 Å². The number of rotatable bonds is 4. The Morgan fingerprint density at radius 3 is 2.75 bits per heavy atom. The fourth-order valence-electron chi connectivity index (χ4n) is 2.48. The Hall–Kier alpha value is -1.75. The Morgan fingerprint density at radius 2 is 2.05 bits per heavy atom. The highest BCUT2D eigenvalue weighted by Crippen LogP contribution is 2.24. The van der Waals surface area contributed by atoms with Crippen molar-refractivity contribution in [2.45, 2.75) is 45.1 Å². The third-order valence-electron chi connectivity index (χ3n) is 3.46. The highest BCUT2D eigenvalue weighted by molar-refractivity contribution is 5.94. The van der Waals surface area contributed by atoms with Gasteiger partial charge in [0.05, 0.1) is 18.3 Å². The van der Waals surface area contributed by atoms with E-state index in [1.54, 1.807) is 0 Å². The first-order valence-electron chi connectivity index (χ1n) is 7.36. The molecule has 0 saturated heterocycles. The Kier molecular flexibility index (Phi) is 5.68. The van der Waals surface area contributed by atoms with Gasteiger partial charge >= 0.3 is 0 Å². The summed E-state index contributed by atoms with van der Waals surface area (Å²) in [6.07, 6.45) is 6.10. The van der Waals surface area contributed by atoms with E-state index < -0.39 is 0 Å². The van der Waals surface area contributed by atoms with Crippen molar-refractivity contribution in [3.8, 4) is 5.75 Å². The molecule has 2 rings (SSSR count). The summed E-state index contributed by atoms with van der Waals surface area (Å²) in [6.45, 7) is 2.60. The number of hydrazine groups is 1. The number of aliphatic imine (C=N–C) groups is 1. The summed E-state index contributed by atoms with van der Waals surface area (Å²) >= 11 is 0. The number of hydrogen-bond donors (Lipinski definition) is 3. The smallest absolute Gasteiger partial charge is 0.210 e. The van der Waals surface area contributed by atoms with Gasteiger partial charge < -0.3 is 10.1 Å². The Morgan fingerprint density at radius 1 is 1.30 bits per heavy atom. The van der Waals surface area contributed by atoms with Crippen LogP contribution in [0.5, 0.6) is 5.75 Å². The molecule has 0 heterocycles. The van der Waals surface area contributed by atoms with E-state index in [-0.39, 0.29) is 0 Å². The zero-order chi connectivity index (χ0) is 14.2. The second kappa shape index (κ2) is 7.75. The van der Waals surface area contributed by atoms with Crippen molar-refractivity contribution in [1.82, 2.24) is 5.43 Å². The molecule has 1 aliphatic rings. The average molecular weight is 276 g/mol. The lowest BCUT2D eigenvalue weighted by Crippen LogP contribution is -2.37. The lowest BCUT2D eigenvalue weighted by molar-refractivity contribution is 0.342. The lowest BCUT2D eigenvalue weighted by Gasteiger charge is -2.20. The Bertz CT molecular complexity index is 441. The van der Waals surface area contributed by atoms with Gasteiger partial charge in [0.1, 0.15) is 5.75 Å². The molecule has 4 N–H and O–H groups in total. The van der Waals surface area contributed by atoms with Gasteiger partial charge in [0.2, 0.25) is 5.96 Å². The topological polar surface area (TPSA) is 71.7 Å². The fraction of sp³-hybridized carbons (Fsp3) is 0.533. The van der Waals surface area contributed by atoms with E-state index in [0.29, 0.717) is 18.6 Å². The van der Waals surface area contributed by atoms with Crippen LogP contribution in [0.2, 0.25) is 0 Å². The molecular weight excluding hydrogens is 252 g/mol. The maximum absolute atomic E-state index is 5.59. The number of nitrogens with one attached hydrogen (secondary N) is 2. The number of para-hydroxylation sites is 2. The molecule has 1 aromatic carbocycles. The molecule has 1 aliphatic carbocycles. The summed E-state index contributed by atoms with van der Waals surface area (Å²) in [7, 11) is 0. The molecule has 0 aliphatic heterocycles. The summed E-state index contributed by atoms with van der Waals surface area (Å²) in [5.41, 5.74) is 3.53. The maximum atomic E-state index is 5.59. The summed E-state index contributed by atoms with van der Waals surface area (Å²) in [5.74, 6) is 6.99. The van der Waals surface area contributed by atoms with Gasteiger partial charge in [-0.25, -0.2) is 10.8 Å². The van der Waals surface area contributed by atoms with Crippen LogP contribution in [0.4, 0.5) is 5.69 Å². The fourth-order valence-corrected chi connectivity index (χ4v) is 2.48. The molecule has 0 spiro atoms. The van der Waals surface area contributed by atoms with Crippen molar-refractivity contribution in [2.75, 3.05) is 11.9 Å². The highest BCUT2D eigenvalue weighted by atomic mass is 16.5. The molecular formula is C15H24N4O. The summed E-state index contributed by atoms with van der Waals surface area (Å²) in [6, 6.07) is 8.16. The Balaban J connectivity index is 2.07. The summed E-state index contributed by atoms with van der Waals surface area (Å²) < 4.78 is 5.59. The van der Waals surface area contributed by atoms with Gasteiger partial charge in [-0.15, -0.1) is 0 Å². The molecule has 5 nitrogen and oxygen atoms in total. The number of nitrogens with zero attached hydrogens (tertiary/aromatic N) is 1. The third-order valence-corrected chi connectivity index (χ3v) is 3.46. The number of benzene rings is 1. The first kappa shape index (κ1) is 14.7. The molecule has 0 bridgehead atoms. The monoisotopic (exact) mass is 276 g/mol. The molecule has 110 valence electrons. The quantitative estimate of drug-likeness (QED) is 0.342. The summed E-state index contributed by atoms with van der Waals surface area (Å²) in [5, 5.41) is 3.22. The lowest BCUT2D eigenvalue weighted by atomic mass is 9.96. The van der Waals surface area contributed by atoms with E-state index in [2.05, 4.69) is 15.7 Å². The second-order valence-electron chi connectivity index (χ2n) is 4.97. The van der Waals surface area contributed by atoms with Crippen LogP contribution in [0.15, 0.2) is 29.3 Å². The Labute approximate surface area is 120 Å². The second-order valence-corrected chi connectivity index (χ2v) is 4.97. The largest absolute Gasteiger partial charge is 0.492 e. The molecule has 1 aromatic rings. The van der Waals surface area contributed by atoms with Gasteiger partial charge in [-0.1, -0.05) is 31.4 Å². The molecule has 0 amide bonds. The average Bonchev–Trinajstić information content (AvgIpc) is 2.50. The molecule has 0 aromatic heterocycles. The van der Waals surface area contributed by atoms with Crippen LogP contribution >= 0.6 is 0 Å². The first-order valence-corrected chi connectivity index (χ1v) is 7.36. The van der Waals surface area contributed by atoms with Gasteiger partial charge in [-0.05, 0) is 31.9 Å².